The Bertz CT molecular complexity index is 1340. The van der Waals surface area contributed by atoms with Crippen molar-refractivity contribution in [3.63, 3.8) is 0 Å². The average molecular weight is 483 g/mol. The van der Waals surface area contributed by atoms with Crippen LogP contribution in [0.2, 0.25) is 0 Å². The monoisotopic (exact) mass is 483 g/mol. The zero-order chi connectivity index (χ0) is 25.5. The summed E-state index contributed by atoms with van der Waals surface area (Å²) in [6.07, 6.45) is 0.375. The maximum Gasteiger partial charge on any atom is 0.336 e. The van der Waals surface area contributed by atoms with E-state index in [0.29, 0.717) is 23.2 Å². The van der Waals surface area contributed by atoms with E-state index in [1.165, 1.54) is 0 Å². The van der Waals surface area contributed by atoms with Crippen LogP contribution in [-0.2, 0) is 32.7 Å². The Morgan fingerprint density at radius 1 is 1.20 bits per heavy atom. The van der Waals surface area contributed by atoms with Gasteiger partial charge in [0.25, 0.3) is 0 Å². The molecule has 1 aliphatic carbocycles. The number of esters is 1. The first-order valence-corrected chi connectivity index (χ1v) is 11.0. The number of carbonyl (C=O) groups excluding carboxylic acids is 2. The number of aryl methyl sites for hydroxylation is 2. The Morgan fingerprint density at radius 2 is 1.91 bits per heavy atom. The molecule has 184 valence electrons. The number of carboxylic acid groups (broad SMARTS) is 2. The van der Waals surface area contributed by atoms with Gasteiger partial charge >= 0.3 is 17.9 Å². The van der Waals surface area contributed by atoms with E-state index in [1.807, 2.05) is 29.7 Å². The van der Waals surface area contributed by atoms with E-state index in [1.54, 1.807) is 30.1 Å². The van der Waals surface area contributed by atoms with Crippen LogP contribution in [0.25, 0.3) is 10.9 Å². The number of hydrogen-bond donors (Lipinski definition) is 3. The minimum absolute atomic E-state index is 0.106. The number of carbonyl (C=O) groups is 4. The van der Waals surface area contributed by atoms with Gasteiger partial charge in [-0.05, 0) is 13.0 Å². The summed E-state index contributed by atoms with van der Waals surface area (Å²) in [4.78, 5) is 53.0. The number of nitrogens with zero attached hydrogens (tertiary/aromatic N) is 3. The molecule has 3 N–H and O–H groups in total. The molecule has 35 heavy (non-hydrogen) atoms. The van der Waals surface area contributed by atoms with Gasteiger partial charge in [0.2, 0.25) is 0 Å². The van der Waals surface area contributed by atoms with Crippen LogP contribution in [0.15, 0.2) is 36.7 Å². The molecule has 0 spiro atoms. The molecule has 1 aliphatic rings. The van der Waals surface area contributed by atoms with E-state index in [0.717, 1.165) is 11.3 Å². The van der Waals surface area contributed by atoms with Gasteiger partial charge < -0.3 is 29.2 Å². The Morgan fingerprint density at radius 3 is 2.54 bits per heavy atom. The molecule has 0 radical (unpaired) electrons. The number of aliphatic hydroxyl groups is 1. The maximum atomic E-state index is 13.6. The SMILES string of the molecule is Cc1nccn1CC1CC(OC(=O)CC(O)(CC(=O)O)C(=O)O)c2c(c3ccccc3n2C)C1=O. The molecule has 4 rings (SSSR count). The van der Waals surface area contributed by atoms with Gasteiger partial charge in [0, 0.05) is 49.2 Å². The van der Waals surface area contributed by atoms with E-state index in [-0.39, 0.29) is 12.2 Å². The van der Waals surface area contributed by atoms with Gasteiger partial charge in [-0.1, -0.05) is 18.2 Å². The van der Waals surface area contributed by atoms with Crippen molar-refractivity contribution in [2.75, 3.05) is 0 Å². The molecule has 3 unspecified atom stereocenters. The number of aromatic nitrogens is 3. The molecular weight excluding hydrogens is 458 g/mol. The molecule has 2 heterocycles. The van der Waals surface area contributed by atoms with Gasteiger partial charge in [0.05, 0.1) is 24.1 Å². The third-order valence-electron chi connectivity index (χ3n) is 6.47. The minimum atomic E-state index is -2.82. The summed E-state index contributed by atoms with van der Waals surface area (Å²) < 4.78 is 9.22. The van der Waals surface area contributed by atoms with Gasteiger partial charge in [0.15, 0.2) is 11.4 Å². The van der Waals surface area contributed by atoms with Crippen molar-refractivity contribution in [3.05, 3.63) is 53.7 Å². The lowest BCUT2D eigenvalue weighted by molar-refractivity contribution is -0.174. The molecule has 3 aromatic rings. The summed E-state index contributed by atoms with van der Waals surface area (Å²) in [5, 5.41) is 29.2. The number of aliphatic carboxylic acids is 2. The second-order valence-electron chi connectivity index (χ2n) is 8.82. The first kappa shape index (κ1) is 24.1. The average Bonchev–Trinajstić information content (AvgIpc) is 3.31. The zero-order valence-electron chi connectivity index (χ0n) is 19.2. The third kappa shape index (κ3) is 4.42. The molecular formula is C24H25N3O8. The predicted octanol–water partition coefficient (Wildman–Crippen LogP) is 1.85. The molecule has 0 fully saturated rings. The second-order valence-corrected chi connectivity index (χ2v) is 8.82. The smallest absolute Gasteiger partial charge is 0.336 e. The second kappa shape index (κ2) is 8.99. The van der Waals surface area contributed by atoms with Gasteiger partial charge in [0.1, 0.15) is 11.9 Å². The van der Waals surface area contributed by atoms with Crippen LogP contribution in [-0.4, -0.2) is 58.7 Å². The topological polar surface area (TPSA) is 161 Å². The largest absolute Gasteiger partial charge is 0.481 e. The molecule has 0 saturated carbocycles. The number of fused-ring (bicyclic) bond motifs is 3. The van der Waals surface area contributed by atoms with Crippen molar-refractivity contribution >= 4 is 34.6 Å². The minimum Gasteiger partial charge on any atom is -0.481 e. The van der Waals surface area contributed by atoms with Crippen molar-refractivity contribution < 1.29 is 39.2 Å². The van der Waals surface area contributed by atoms with E-state index in [9.17, 15) is 29.4 Å². The number of Topliss-reactive ketones (excluding diaryl/α,β-unsaturated/α-hetero) is 1. The molecule has 0 amide bonds. The normalized spacial score (nSPS) is 19.2. The van der Waals surface area contributed by atoms with Crippen LogP contribution < -0.4 is 0 Å². The van der Waals surface area contributed by atoms with Gasteiger partial charge in [-0.25, -0.2) is 9.78 Å². The molecule has 11 nitrogen and oxygen atoms in total. The fraction of sp³-hybridized carbons (Fsp3) is 0.375. The molecule has 0 saturated heterocycles. The first-order valence-electron chi connectivity index (χ1n) is 11.0. The molecule has 2 aromatic heterocycles. The van der Waals surface area contributed by atoms with Crippen molar-refractivity contribution in [3.8, 4) is 0 Å². The summed E-state index contributed by atoms with van der Waals surface area (Å²) in [5.74, 6) is -4.44. The van der Waals surface area contributed by atoms with E-state index in [2.05, 4.69) is 4.98 Å². The van der Waals surface area contributed by atoms with Crippen LogP contribution in [0.1, 0.15) is 47.2 Å². The number of hydrogen-bond acceptors (Lipinski definition) is 7. The molecule has 3 atom stereocenters. The first-order chi connectivity index (χ1) is 16.5. The lowest BCUT2D eigenvalue weighted by Gasteiger charge is -2.30. The van der Waals surface area contributed by atoms with Crippen molar-refractivity contribution in [2.24, 2.45) is 13.0 Å². The number of para-hydroxylation sites is 1. The van der Waals surface area contributed by atoms with Crippen LogP contribution in [0.5, 0.6) is 0 Å². The quantitative estimate of drug-likeness (QED) is 0.406. The number of benzene rings is 1. The highest BCUT2D eigenvalue weighted by atomic mass is 16.5. The lowest BCUT2D eigenvalue weighted by atomic mass is 9.83. The summed E-state index contributed by atoms with van der Waals surface area (Å²) in [7, 11) is 1.74. The fourth-order valence-electron chi connectivity index (χ4n) is 4.73. The highest BCUT2D eigenvalue weighted by Crippen LogP contribution is 2.42. The van der Waals surface area contributed by atoms with E-state index < -0.39 is 48.4 Å². The number of imidazole rings is 1. The standard InChI is InChI=1S/C24H25N3O8/c1-13-25-7-8-27(13)12-14-9-17(35-19(30)11-24(34,23(32)33)10-18(28)29)21-20(22(14)31)15-5-3-4-6-16(15)26(21)2/h3-8,14,17,34H,9-12H2,1-2H3,(H,28,29)(H,32,33). The van der Waals surface area contributed by atoms with Crippen LogP contribution in [0.4, 0.5) is 0 Å². The maximum absolute atomic E-state index is 13.6. The van der Waals surface area contributed by atoms with E-state index >= 15 is 0 Å². The summed E-state index contributed by atoms with van der Waals surface area (Å²) in [6.45, 7) is 2.11. The Hall–Kier alpha value is -3.99. The van der Waals surface area contributed by atoms with Crippen LogP contribution >= 0.6 is 0 Å². The Labute approximate surface area is 199 Å². The summed E-state index contributed by atoms with van der Waals surface area (Å²) in [6, 6.07) is 7.28. The van der Waals surface area contributed by atoms with Crippen molar-refractivity contribution in [1.29, 1.82) is 0 Å². The highest BCUT2D eigenvalue weighted by molar-refractivity contribution is 6.11. The number of ether oxygens (including phenoxy) is 1. The number of carboxylic acids is 2. The fourth-order valence-corrected chi connectivity index (χ4v) is 4.73. The van der Waals surface area contributed by atoms with Gasteiger partial charge in [-0.3, -0.25) is 14.4 Å². The Balaban J connectivity index is 1.70. The third-order valence-corrected chi connectivity index (χ3v) is 6.47. The number of rotatable bonds is 8. The predicted molar refractivity (Wildman–Crippen MR) is 121 cm³/mol. The number of ketones is 1. The Kier molecular flexibility index (Phi) is 6.20. The molecule has 11 heteroatoms. The van der Waals surface area contributed by atoms with Gasteiger partial charge in [-0.15, -0.1) is 0 Å². The molecule has 0 aliphatic heterocycles. The summed E-state index contributed by atoms with van der Waals surface area (Å²) >= 11 is 0. The highest BCUT2D eigenvalue weighted by Gasteiger charge is 2.44. The van der Waals surface area contributed by atoms with Crippen molar-refractivity contribution in [1.82, 2.24) is 14.1 Å². The van der Waals surface area contributed by atoms with Crippen LogP contribution in [0.3, 0.4) is 0 Å². The van der Waals surface area contributed by atoms with E-state index in [4.69, 9.17) is 9.84 Å². The van der Waals surface area contributed by atoms with Gasteiger partial charge in [-0.2, -0.15) is 0 Å². The van der Waals surface area contributed by atoms with Crippen LogP contribution in [0, 0.1) is 12.8 Å². The molecule has 0 bridgehead atoms. The molecule has 1 aromatic carbocycles. The summed E-state index contributed by atoms with van der Waals surface area (Å²) in [5.41, 5.74) is -1.16. The zero-order valence-corrected chi connectivity index (χ0v) is 19.2. The lowest BCUT2D eigenvalue weighted by Crippen LogP contribution is -2.43. The van der Waals surface area contributed by atoms with Crippen molar-refractivity contribution in [2.45, 2.75) is 44.4 Å².